The second-order valence-electron chi connectivity index (χ2n) is 3.75. The summed E-state index contributed by atoms with van der Waals surface area (Å²) < 4.78 is 5.14. The molecule has 0 bridgehead atoms. The normalized spacial score (nSPS) is 10.1. The molecule has 0 saturated heterocycles. The Morgan fingerprint density at radius 3 is 2.56 bits per heavy atom. The largest absolute Gasteiger partial charge is 0.495 e. The summed E-state index contributed by atoms with van der Waals surface area (Å²) in [7, 11) is 1.63. The maximum Gasteiger partial charge on any atom is 0.137 e. The van der Waals surface area contributed by atoms with E-state index in [1.165, 1.54) is 0 Å². The minimum absolute atomic E-state index is 0.748. The molecule has 0 spiro atoms. The van der Waals surface area contributed by atoms with Gasteiger partial charge in [-0.3, -0.25) is 4.98 Å². The first-order valence-corrected chi connectivity index (χ1v) is 5.05. The maximum absolute atomic E-state index is 5.82. The number of pyridine rings is 1. The van der Waals surface area contributed by atoms with Gasteiger partial charge in [0, 0.05) is 17.4 Å². The van der Waals surface area contributed by atoms with E-state index in [2.05, 4.69) is 11.1 Å². The van der Waals surface area contributed by atoms with Crippen molar-refractivity contribution in [2.75, 3.05) is 12.8 Å². The fourth-order valence-electron chi connectivity index (χ4n) is 1.67. The predicted molar refractivity (Wildman–Crippen MR) is 65.4 cm³/mol. The van der Waals surface area contributed by atoms with Crippen LogP contribution in [0.3, 0.4) is 0 Å². The molecule has 1 heterocycles. The van der Waals surface area contributed by atoms with E-state index < -0.39 is 0 Å². The van der Waals surface area contributed by atoms with Gasteiger partial charge in [0.2, 0.25) is 0 Å². The van der Waals surface area contributed by atoms with E-state index in [1.807, 2.05) is 25.1 Å². The van der Waals surface area contributed by atoms with Crippen LogP contribution in [0.4, 0.5) is 5.69 Å². The number of rotatable bonds is 2. The summed E-state index contributed by atoms with van der Waals surface area (Å²) in [4.78, 5) is 4.13. The molecular weight excluding hydrogens is 200 g/mol. The number of hydrogen-bond donors (Lipinski definition) is 1. The minimum atomic E-state index is 0.748. The van der Waals surface area contributed by atoms with Crippen LogP contribution in [0.25, 0.3) is 11.1 Å². The van der Waals surface area contributed by atoms with Gasteiger partial charge in [0.15, 0.2) is 0 Å². The third-order valence-corrected chi connectivity index (χ3v) is 2.38. The van der Waals surface area contributed by atoms with Crippen LogP contribution in [0, 0.1) is 6.92 Å². The highest BCUT2D eigenvalue weighted by atomic mass is 16.5. The molecule has 0 amide bonds. The molecular formula is C13H14N2O. The Labute approximate surface area is 94.9 Å². The summed E-state index contributed by atoms with van der Waals surface area (Å²) in [6.45, 7) is 2.02. The van der Waals surface area contributed by atoms with Crippen molar-refractivity contribution in [3.63, 3.8) is 0 Å². The molecule has 1 aromatic heterocycles. The van der Waals surface area contributed by atoms with Crippen LogP contribution in [-0.2, 0) is 0 Å². The van der Waals surface area contributed by atoms with Crippen LogP contribution in [0.15, 0.2) is 36.7 Å². The molecule has 2 rings (SSSR count). The molecule has 0 unspecified atom stereocenters. The SMILES string of the molecule is COc1cncc(-c2cc(C)cc(N)c2)c1. The lowest BCUT2D eigenvalue weighted by Gasteiger charge is -2.06. The van der Waals surface area contributed by atoms with Gasteiger partial charge in [-0.05, 0) is 36.2 Å². The number of ether oxygens (including phenoxy) is 1. The second kappa shape index (κ2) is 4.23. The van der Waals surface area contributed by atoms with Crippen LogP contribution in [0.5, 0.6) is 5.75 Å². The highest BCUT2D eigenvalue weighted by Crippen LogP contribution is 2.25. The molecule has 0 aliphatic rings. The average molecular weight is 214 g/mol. The van der Waals surface area contributed by atoms with Gasteiger partial charge in [-0.2, -0.15) is 0 Å². The zero-order valence-electron chi connectivity index (χ0n) is 9.40. The number of aromatic nitrogens is 1. The summed E-state index contributed by atoms with van der Waals surface area (Å²) in [5.74, 6) is 0.748. The monoisotopic (exact) mass is 214 g/mol. The summed E-state index contributed by atoms with van der Waals surface area (Å²) in [5.41, 5.74) is 9.78. The van der Waals surface area contributed by atoms with Crippen LogP contribution in [0.2, 0.25) is 0 Å². The second-order valence-corrected chi connectivity index (χ2v) is 3.75. The molecule has 16 heavy (non-hydrogen) atoms. The van der Waals surface area contributed by atoms with Crippen molar-refractivity contribution in [2.45, 2.75) is 6.92 Å². The molecule has 0 radical (unpaired) electrons. The van der Waals surface area contributed by atoms with Crippen molar-refractivity contribution >= 4 is 5.69 Å². The summed E-state index contributed by atoms with van der Waals surface area (Å²) in [6.07, 6.45) is 3.49. The van der Waals surface area contributed by atoms with Crippen LogP contribution >= 0.6 is 0 Å². The number of benzene rings is 1. The van der Waals surface area contributed by atoms with Crippen LogP contribution < -0.4 is 10.5 Å². The van der Waals surface area contributed by atoms with E-state index in [9.17, 15) is 0 Å². The van der Waals surface area contributed by atoms with E-state index in [0.29, 0.717) is 0 Å². The quantitative estimate of drug-likeness (QED) is 0.782. The summed E-state index contributed by atoms with van der Waals surface area (Å²) in [6, 6.07) is 7.90. The third kappa shape index (κ3) is 2.14. The van der Waals surface area contributed by atoms with E-state index in [1.54, 1.807) is 19.5 Å². The molecule has 2 aromatic rings. The third-order valence-electron chi connectivity index (χ3n) is 2.38. The zero-order valence-corrected chi connectivity index (χ0v) is 9.40. The van der Waals surface area contributed by atoms with Crippen molar-refractivity contribution in [2.24, 2.45) is 0 Å². The van der Waals surface area contributed by atoms with Gasteiger partial charge in [0.25, 0.3) is 0 Å². The van der Waals surface area contributed by atoms with E-state index >= 15 is 0 Å². The Bertz CT molecular complexity index is 489. The van der Waals surface area contributed by atoms with Crippen LogP contribution in [-0.4, -0.2) is 12.1 Å². The Kier molecular flexibility index (Phi) is 2.77. The molecule has 3 nitrogen and oxygen atoms in total. The van der Waals surface area contributed by atoms with Crippen molar-refractivity contribution in [1.82, 2.24) is 4.98 Å². The number of methoxy groups -OCH3 is 1. The van der Waals surface area contributed by atoms with Gasteiger partial charge in [0.05, 0.1) is 13.3 Å². The van der Waals surface area contributed by atoms with Crippen molar-refractivity contribution in [1.29, 1.82) is 0 Å². The molecule has 0 saturated carbocycles. The molecule has 0 atom stereocenters. The van der Waals surface area contributed by atoms with Gasteiger partial charge in [0.1, 0.15) is 5.75 Å². The smallest absolute Gasteiger partial charge is 0.137 e. The first-order chi connectivity index (χ1) is 7.69. The van der Waals surface area contributed by atoms with Gasteiger partial charge in [-0.25, -0.2) is 0 Å². The first-order valence-electron chi connectivity index (χ1n) is 5.05. The van der Waals surface area contributed by atoms with E-state index in [4.69, 9.17) is 10.5 Å². The number of nitrogens with two attached hydrogens (primary N) is 1. The molecule has 3 heteroatoms. The van der Waals surface area contributed by atoms with Crippen molar-refractivity contribution in [3.8, 4) is 16.9 Å². The van der Waals surface area contributed by atoms with Gasteiger partial charge in [-0.15, -0.1) is 0 Å². The van der Waals surface area contributed by atoms with Gasteiger partial charge in [-0.1, -0.05) is 6.07 Å². The summed E-state index contributed by atoms with van der Waals surface area (Å²) in [5, 5.41) is 0. The number of hydrogen-bond acceptors (Lipinski definition) is 3. The molecule has 82 valence electrons. The lowest BCUT2D eigenvalue weighted by atomic mass is 10.0. The Morgan fingerprint density at radius 2 is 1.88 bits per heavy atom. The number of anilines is 1. The fourth-order valence-corrected chi connectivity index (χ4v) is 1.67. The Morgan fingerprint density at radius 1 is 1.06 bits per heavy atom. The standard InChI is InChI=1S/C13H14N2O/c1-9-3-10(5-12(14)4-9)11-6-13(16-2)8-15-7-11/h3-8H,14H2,1-2H3. The van der Waals surface area contributed by atoms with E-state index in [-0.39, 0.29) is 0 Å². The maximum atomic E-state index is 5.82. The highest BCUT2D eigenvalue weighted by Gasteiger charge is 2.02. The fraction of sp³-hybridized carbons (Fsp3) is 0.154. The van der Waals surface area contributed by atoms with Gasteiger partial charge < -0.3 is 10.5 Å². The van der Waals surface area contributed by atoms with Gasteiger partial charge >= 0.3 is 0 Å². The lowest BCUT2D eigenvalue weighted by Crippen LogP contribution is -1.90. The Hall–Kier alpha value is -2.03. The zero-order chi connectivity index (χ0) is 11.5. The van der Waals surface area contributed by atoms with Crippen molar-refractivity contribution < 1.29 is 4.74 Å². The topological polar surface area (TPSA) is 48.1 Å². The van der Waals surface area contributed by atoms with Crippen LogP contribution in [0.1, 0.15) is 5.56 Å². The Balaban J connectivity index is 2.49. The lowest BCUT2D eigenvalue weighted by molar-refractivity contribution is 0.413. The van der Waals surface area contributed by atoms with Crippen molar-refractivity contribution in [3.05, 3.63) is 42.2 Å². The molecule has 0 aliphatic carbocycles. The molecule has 1 aromatic carbocycles. The predicted octanol–water partition coefficient (Wildman–Crippen LogP) is 2.65. The average Bonchev–Trinajstić information content (AvgIpc) is 2.28. The summed E-state index contributed by atoms with van der Waals surface area (Å²) >= 11 is 0. The number of nitrogen functional groups attached to an aromatic ring is 1. The van der Waals surface area contributed by atoms with E-state index in [0.717, 1.165) is 28.1 Å². The molecule has 0 aliphatic heterocycles. The first kappa shape index (κ1) is 10.5. The molecule has 2 N–H and O–H groups in total. The number of nitrogens with zero attached hydrogens (tertiary/aromatic N) is 1. The number of aryl methyl sites for hydroxylation is 1. The minimum Gasteiger partial charge on any atom is -0.495 e. The molecule has 0 fully saturated rings. The highest BCUT2D eigenvalue weighted by molar-refractivity contribution is 5.68.